The minimum atomic E-state index is -0.177. The quantitative estimate of drug-likeness (QED) is 0.210. The molecule has 0 fully saturated rings. The van der Waals surface area contributed by atoms with Gasteiger partial charge in [-0.05, 0) is 62.0 Å². The molecule has 1 aromatic rings. The van der Waals surface area contributed by atoms with Crippen LogP contribution in [0, 0.1) is 5.82 Å². The molecule has 4 nitrogen and oxygen atoms in total. The molecule has 0 amide bonds. The van der Waals surface area contributed by atoms with Crippen LogP contribution in [0.2, 0.25) is 0 Å². The number of nitrogens with one attached hydrogen (secondary N) is 2. The highest BCUT2D eigenvalue weighted by atomic mass is 127. The maximum absolute atomic E-state index is 13.4. The Morgan fingerprint density at radius 1 is 1.15 bits per heavy atom. The Morgan fingerprint density at radius 2 is 1.88 bits per heavy atom. The zero-order chi connectivity index (χ0) is 18.5. The van der Waals surface area contributed by atoms with Gasteiger partial charge in [0.15, 0.2) is 5.96 Å². The van der Waals surface area contributed by atoms with Crippen LogP contribution in [-0.2, 0) is 12.3 Å². The van der Waals surface area contributed by atoms with E-state index in [1.165, 1.54) is 12.5 Å². The summed E-state index contributed by atoms with van der Waals surface area (Å²) in [5.41, 5.74) is 2.15. The molecule has 1 aromatic carbocycles. The first kappa shape index (κ1) is 25.5. The first-order chi connectivity index (χ1) is 12.1. The lowest BCUT2D eigenvalue weighted by Gasteiger charge is -2.18. The highest BCUT2D eigenvalue weighted by Crippen LogP contribution is 2.16. The van der Waals surface area contributed by atoms with Crippen molar-refractivity contribution in [1.29, 1.82) is 0 Å². The summed E-state index contributed by atoms with van der Waals surface area (Å²) in [5.74, 6) is 1.43. The van der Waals surface area contributed by atoms with Crippen LogP contribution in [0.4, 0.5) is 4.39 Å². The number of rotatable bonds is 11. The Balaban J connectivity index is 0.00000625. The van der Waals surface area contributed by atoms with E-state index in [0.29, 0.717) is 6.54 Å². The third kappa shape index (κ3) is 9.97. The molecule has 0 aliphatic carbocycles. The zero-order valence-electron chi connectivity index (χ0n) is 16.5. The lowest BCUT2D eigenvalue weighted by molar-refractivity contribution is 0.297. The summed E-state index contributed by atoms with van der Waals surface area (Å²) in [5, 5.41) is 6.68. The molecule has 150 valence electrons. The summed E-state index contributed by atoms with van der Waals surface area (Å²) in [6, 6.07) is 4.99. The average molecular weight is 496 g/mol. The first-order valence-corrected chi connectivity index (χ1v) is 10.5. The number of aliphatic imine (C=N–C) groups is 1. The third-order valence-corrected chi connectivity index (χ3v) is 4.83. The fourth-order valence-electron chi connectivity index (χ4n) is 2.66. The van der Waals surface area contributed by atoms with Gasteiger partial charge in [-0.3, -0.25) is 4.99 Å². The summed E-state index contributed by atoms with van der Waals surface area (Å²) < 4.78 is 13.4. The van der Waals surface area contributed by atoms with Crippen molar-refractivity contribution in [3.8, 4) is 0 Å². The molecule has 1 rings (SSSR count). The van der Waals surface area contributed by atoms with Crippen molar-refractivity contribution < 1.29 is 4.39 Å². The maximum atomic E-state index is 13.4. The van der Waals surface area contributed by atoms with Crippen molar-refractivity contribution in [2.75, 3.05) is 39.5 Å². The van der Waals surface area contributed by atoms with Crippen LogP contribution in [0.25, 0.3) is 0 Å². The maximum Gasteiger partial charge on any atom is 0.191 e. The largest absolute Gasteiger partial charge is 0.356 e. The Hall–Kier alpha value is -0.540. The average Bonchev–Trinajstić information content (AvgIpc) is 2.62. The predicted molar refractivity (Wildman–Crippen MR) is 124 cm³/mol. The normalized spacial score (nSPS) is 11.4. The third-order valence-electron chi connectivity index (χ3n) is 4.23. The number of benzene rings is 1. The molecule has 0 aromatic heterocycles. The van der Waals surface area contributed by atoms with Gasteiger partial charge in [-0.25, -0.2) is 4.39 Å². The second-order valence-corrected chi connectivity index (χ2v) is 6.80. The van der Waals surface area contributed by atoms with E-state index in [0.717, 1.165) is 55.4 Å². The molecule has 0 atom stereocenters. The molecule has 0 unspecified atom stereocenters. The summed E-state index contributed by atoms with van der Waals surface area (Å²) in [4.78, 5) is 6.71. The summed E-state index contributed by atoms with van der Waals surface area (Å²) in [6.45, 7) is 9.33. The van der Waals surface area contributed by atoms with Crippen LogP contribution in [-0.4, -0.2) is 50.3 Å². The fourth-order valence-corrected chi connectivity index (χ4v) is 3.24. The topological polar surface area (TPSA) is 39.7 Å². The number of nitrogens with zero attached hydrogens (tertiary/aromatic N) is 2. The molecular formula is C19H34FIN4S. The number of halogens is 2. The van der Waals surface area contributed by atoms with Crippen molar-refractivity contribution in [2.24, 2.45) is 4.99 Å². The first-order valence-electron chi connectivity index (χ1n) is 9.07. The lowest BCUT2D eigenvalue weighted by Crippen LogP contribution is -2.37. The minimum Gasteiger partial charge on any atom is -0.356 e. The van der Waals surface area contributed by atoms with Crippen LogP contribution >= 0.6 is 35.7 Å². The number of hydrogen-bond donors (Lipinski definition) is 2. The fraction of sp³-hybridized carbons (Fsp3) is 0.632. The zero-order valence-corrected chi connectivity index (χ0v) is 19.6. The van der Waals surface area contributed by atoms with Crippen molar-refractivity contribution in [3.05, 3.63) is 35.1 Å². The van der Waals surface area contributed by atoms with Gasteiger partial charge < -0.3 is 15.5 Å². The number of guanidine groups is 1. The molecule has 0 bridgehead atoms. The van der Waals surface area contributed by atoms with Gasteiger partial charge in [-0.1, -0.05) is 19.9 Å². The van der Waals surface area contributed by atoms with Gasteiger partial charge in [0.05, 0.1) is 0 Å². The van der Waals surface area contributed by atoms with E-state index in [1.807, 2.05) is 12.3 Å². The van der Waals surface area contributed by atoms with Crippen molar-refractivity contribution >= 4 is 41.7 Å². The molecule has 0 aliphatic rings. The molecule has 0 spiro atoms. The van der Waals surface area contributed by atoms with Crippen LogP contribution in [0.5, 0.6) is 0 Å². The standard InChI is InChI=1S/C19H33FN4S.HI/c1-5-24(6-2)12-8-7-11-22-19(21-3)23-14-16-9-10-18(20)13-17(16)15-25-4;/h9-10,13H,5-8,11-12,14-15H2,1-4H3,(H2,21,22,23);1H. The second kappa shape index (κ2) is 15.5. The van der Waals surface area contributed by atoms with E-state index in [1.54, 1.807) is 24.9 Å². The van der Waals surface area contributed by atoms with Crippen LogP contribution in [0.1, 0.15) is 37.8 Å². The second-order valence-electron chi connectivity index (χ2n) is 5.93. The molecule has 2 N–H and O–H groups in total. The SMILES string of the molecule is CCN(CC)CCCCNC(=NC)NCc1ccc(F)cc1CSC.I. The van der Waals surface area contributed by atoms with Gasteiger partial charge in [0.25, 0.3) is 0 Å². The van der Waals surface area contributed by atoms with Crippen molar-refractivity contribution in [3.63, 3.8) is 0 Å². The highest BCUT2D eigenvalue weighted by Gasteiger charge is 2.05. The summed E-state index contributed by atoms with van der Waals surface area (Å²) in [7, 11) is 1.78. The van der Waals surface area contributed by atoms with E-state index < -0.39 is 0 Å². The number of thioether (sulfide) groups is 1. The highest BCUT2D eigenvalue weighted by molar-refractivity contribution is 14.0. The smallest absolute Gasteiger partial charge is 0.191 e. The van der Waals surface area contributed by atoms with E-state index in [4.69, 9.17) is 0 Å². The van der Waals surface area contributed by atoms with Gasteiger partial charge in [0.2, 0.25) is 0 Å². The van der Waals surface area contributed by atoms with Gasteiger partial charge in [-0.2, -0.15) is 11.8 Å². The minimum absolute atomic E-state index is 0. The Labute approximate surface area is 179 Å². The number of hydrogen-bond acceptors (Lipinski definition) is 3. The van der Waals surface area contributed by atoms with E-state index in [-0.39, 0.29) is 29.8 Å². The molecule has 26 heavy (non-hydrogen) atoms. The van der Waals surface area contributed by atoms with E-state index >= 15 is 0 Å². The van der Waals surface area contributed by atoms with Gasteiger partial charge in [-0.15, -0.1) is 24.0 Å². The van der Waals surface area contributed by atoms with Crippen LogP contribution in [0.3, 0.4) is 0 Å². The number of unbranched alkanes of at least 4 members (excludes halogenated alkanes) is 1. The molecule has 0 heterocycles. The Morgan fingerprint density at radius 3 is 2.50 bits per heavy atom. The monoisotopic (exact) mass is 496 g/mol. The van der Waals surface area contributed by atoms with Crippen LogP contribution < -0.4 is 10.6 Å². The molecule has 0 radical (unpaired) electrons. The summed E-state index contributed by atoms with van der Waals surface area (Å²) >= 11 is 1.70. The lowest BCUT2D eigenvalue weighted by atomic mass is 10.1. The molecule has 7 heteroatoms. The predicted octanol–water partition coefficient (Wildman–Crippen LogP) is 4.09. The Kier molecular flexibility index (Phi) is 15.2. The summed E-state index contributed by atoms with van der Waals surface area (Å²) in [6.07, 6.45) is 4.33. The molecule has 0 saturated heterocycles. The van der Waals surface area contributed by atoms with Crippen molar-refractivity contribution in [1.82, 2.24) is 15.5 Å². The van der Waals surface area contributed by atoms with Gasteiger partial charge >= 0.3 is 0 Å². The van der Waals surface area contributed by atoms with E-state index in [9.17, 15) is 4.39 Å². The molecule has 0 saturated carbocycles. The molecule has 0 aliphatic heterocycles. The van der Waals surface area contributed by atoms with Gasteiger partial charge in [0.1, 0.15) is 5.82 Å². The Bertz CT molecular complexity index is 524. The van der Waals surface area contributed by atoms with E-state index in [2.05, 4.69) is 34.4 Å². The van der Waals surface area contributed by atoms with Crippen LogP contribution in [0.15, 0.2) is 23.2 Å². The van der Waals surface area contributed by atoms with Gasteiger partial charge in [0, 0.05) is 25.9 Å². The van der Waals surface area contributed by atoms with Crippen molar-refractivity contribution in [2.45, 2.75) is 39.0 Å². The molecular weight excluding hydrogens is 462 g/mol.